The maximum absolute atomic E-state index is 13.7. The zero-order valence-electron chi connectivity index (χ0n) is 21.3. The normalized spacial score (nSPS) is 17.7. The van der Waals surface area contributed by atoms with Crippen LogP contribution in [0.1, 0.15) is 30.4 Å². The number of hydrogen-bond acceptors (Lipinski definition) is 6. The molecule has 9 heteroatoms. The number of nitrogens with zero attached hydrogens (tertiary/aromatic N) is 3. The van der Waals surface area contributed by atoms with Gasteiger partial charge in [-0.05, 0) is 43.4 Å². The first-order chi connectivity index (χ1) is 18.3. The number of amides is 2. The van der Waals surface area contributed by atoms with E-state index in [1.165, 1.54) is 17.3 Å². The molecule has 0 radical (unpaired) electrons. The van der Waals surface area contributed by atoms with Crippen molar-refractivity contribution in [3.05, 3.63) is 81.0 Å². The van der Waals surface area contributed by atoms with Crippen molar-refractivity contribution in [1.29, 1.82) is 0 Å². The molecule has 1 aromatic heterocycles. The molecule has 2 fully saturated rings. The molecule has 38 heavy (non-hydrogen) atoms. The summed E-state index contributed by atoms with van der Waals surface area (Å²) in [5.74, 6) is -0.615. The van der Waals surface area contributed by atoms with Crippen LogP contribution in [0.2, 0.25) is 0 Å². The average Bonchev–Trinajstić information content (AvgIpc) is 3.20. The number of rotatable bonds is 7. The lowest BCUT2D eigenvalue weighted by molar-refractivity contribution is -0.123. The highest BCUT2D eigenvalue weighted by Crippen LogP contribution is 2.37. The summed E-state index contributed by atoms with van der Waals surface area (Å²) >= 11 is 6.81. The van der Waals surface area contributed by atoms with Crippen molar-refractivity contribution in [2.45, 2.75) is 25.7 Å². The third-order valence-corrected chi connectivity index (χ3v) is 8.74. The molecule has 0 saturated carbocycles. The minimum atomic E-state index is -0.283. The minimum Gasteiger partial charge on any atom is -0.370 e. The van der Waals surface area contributed by atoms with E-state index in [1.54, 1.807) is 22.6 Å². The number of aromatic nitrogens is 1. The van der Waals surface area contributed by atoms with Gasteiger partial charge in [0.25, 0.3) is 11.5 Å². The molecule has 2 amide bonds. The topological polar surface area (TPSA) is 88.6 Å². The number of carbonyl (C=O) groups excluding carboxylic acids is 2. The van der Waals surface area contributed by atoms with E-state index in [9.17, 15) is 14.4 Å². The summed E-state index contributed by atoms with van der Waals surface area (Å²) < 4.78 is 2.14. The molecule has 0 spiro atoms. The Morgan fingerprint density at radius 3 is 2.47 bits per heavy atom. The molecule has 2 aliphatic rings. The number of pyridine rings is 1. The SMILES string of the molecule is Cn1c(=O)c(C=C2SC(=S)N(CCCc3ccccc3)C2=O)c(N2CCC(C(N)=O)CC2)c2ccccc21. The van der Waals surface area contributed by atoms with Gasteiger partial charge in [-0.2, -0.15) is 0 Å². The second-order valence-corrected chi connectivity index (χ2v) is 11.4. The first kappa shape index (κ1) is 26.2. The summed E-state index contributed by atoms with van der Waals surface area (Å²) in [6.07, 6.45) is 4.61. The van der Waals surface area contributed by atoms with Crippen molar-refractivity contribution in [3.8, 4) is 0 Å². The van der Waals surface area contributed by atoms with Crippen molar-refractivity contribution >= 4 is 62.8 Å². The molecule has 0 atom stereocenters. The van der Waals surface area contributed by atoms with Crippen molar-refractivity contribution in [3.63, 3.8) is 0 Å². The molecule has 2 aliphatic heterocycles. The molecular formula is C29H30N4O3S2. The Labute approximate surface area is 231 Å². The molecule has 3 heterocycles. The van der Waals surface area contributed by atoms with E-state index in [0.29, 0.717) is 47.3 Å². The second-order valence-electron chi connectivity index (χ2n) is 9.73. The smallest absolute Gasteiger partial charge is 0.266 e. The van der Waals surface area contributed by atoms with Crippen LogP contribution in [-0.2, 0) is 23.1 Å². The molecule has 3 aromatic rings. The number of benzene rings is 2. The van der Waals surface area contributed by atoms with Gasteiger partial charge in [-0.1, -0.05) is 72.5 Å². The van der Waals surface area contributed by atoms with Crippen LogP contribution in [-0.4, -0.2) is 45.2 Å². The van der Waals surface area contributed by atoms with Crippen LogP contribution in [0.4, 0.5) is 5.69 Å². The summed E-state index contributed by atoms with van der Waals surface area (Å²) in [4.78, 5) is 43.0. The van der Waals surface area contributed by atoms with Crippen LogP contribution in [0, 0.1) is 5.92 Å². The number of hydrogen-bond donors (Lipinski definition) is 1. The standard InChI is InChI=1S/C29H30N4O3S2/c1-31-23-12-6-5-11-21(23)25(32-16-13-20(14-17-32)26(30)34)22(27(31)35)18-24-28(36)33(29(37)38-24)15-7-10-19-8-3-2-4-9-19/h2-6,8-9,11-12,18,20H,7,10,13-17H2,1H3,(H2,30,34). The lowest BCUT2D eigenvalue weighted by atomic mass is 9.94. The Kier molecular flexibility index (Phi) is 7.67. The number of thiocarbonyl (C=S) groups is 1. The van der Waals surface area contributed by atoms with E-state index < -0.39 is 0 Å². The van der Waals surface area contributed by atoms with Gasteiger partial charge in [0.05, 0.1) is 21.7 Å². The molecule has 2 N–H and O–H groups in total. The number of primary amides is 1. The van der Waals surface area contributed by atoms with Crippen molar-refractivity contribution < 1.29 is 9.59 Å². The van der Waals surface area contributed by atoms with E-state index in [4.69, 9.17) is 18.0 Å². The third kappa shape index (κ3) is 5.13. The van der Waals surface area contributed by atoms with E-state index >= 15 is 0 Å². The van der Waals surface area contributed by atoms with Crippen molar-refractivity contribution in [2.24, 2.45) is 18.7 Å². The highest BCUT2D eigenvalue weighted by molar-refractivity contribution is 8.26. The second kappa shape index (κ2) is 11.1. The molecule has 2 saturated heterocycles. The van der Waals surface area contributed by atoms with E-state index in [0.717, 1.165) is 29.4 Å². The first-order valence-corrected chi connectivity index (χ1v) is 14.0. The number of aryl methyl sites for hydroxylation is 2. The predicted octanol–water partition coefficient (Wildman–Crippen LogP) is 4.07. The zero-order valence-corrected chi connectivity index (χ0v) is 22.9. The predicted molar refractivity (Wildman–Crippen MR) is 158 cm³/mol. The number of nitrogens with two attached hydrogens (primary N) is 1. The lowest BCUT2D eigenvalue weighted by Gasteiger charge is -2.34. The fourth-order valence-electron chi connectivity index (χ4n) is 5.27. The summed E-state index contributed by atoms with van der Waals surface area (Å²) in [7, 11) is 1.75. The molecule has 196 valence electrons. The molecule has 5 rings (SSSR count). The van der Waals surface area contributed by atoms with E-state index in [1.807, 2.05) is 42.5 Å². The van der Waals surface area contributed by atoms with Crippen LogP contribution in [0.3, 0.4) is 0 Å². The van der Waals surface area contributed by atoms with Crippen LogP contribution >= 0.6 is 24.0 Å². The van der Waals surface area contributed by atoms with Gasteiger partial charge in [0.1, 0.15) is 4.32 Å². The Bertz CT molecular complexity index is 1490. The van der Waals surface area contributed by atoms with Gasteiger partial charge >= 0.3 is 0 Å². The fraction of sp³-hybridized carbons (Fsp3) is 0.310. The van der Waals surface area contributed by atoms with Gasteiger partial charge in [-0.25, -0.2) is 0 Å². The summed E-state index contributed by atoms with van der Waals surface area (Å²) in [5, 5.41) is 0.928. The number of fused-ring (bicyclic) bond motifs is 1. The van der Waals surface area contributed by atoms with Crippen LogP contribution in [0.25, 0.3) is 17.0 Å². The lowest BCUT2D eigenvalue weighted by Crippen LogP contribution is -2.40. The maximum atomic E-state index is 13.7. The number of piperidine rings is 1. The molecule has 2 aromatic carbocycles. The largest absolute Gasteiger partial charge is 0.370 e. The van der Waals surface area contributed by atoms with Gasteiger partial charge in [-0.15, -0.1) is 0 Å². The maximum Gasteiger partial charge on any atom is 0.266 e. The first-order valence-electron chi connectivity index (χ1n) is 12.8. The van der Waals surface area contributed by atoms with Crippen molar-refractivity contribution in [1.82, 2.24) is 9.47 Å². The van der Waals surface area contributed by atoms with Gasteiger partial charge in [0.15, 0.2) is 0 Å². The van der Waals surface area contributed by atoms with Crippen LogP contribution in [0.5, 0.6) is 0 Å². The van der Waals surface area contributed by atoms with Gasteiger partial charge < -0.3 is 15.2 Å². The van der Waals surface area contributed by atoms with Gasteiger partial charge in [0.2, 0.25) is 5.91 Å². The highest BCUT2D eigenvalue weighted by atomic mass is 32.2. The Balaban J connectivity index is 1.47. The zero-order chi connectivity index (χ0) is 26.8. The van der Waals surface area contributed by atoms with Gasteiger partial charge in [-0.3, -0.25) is 19.3 Å². The van der Waals surface area contributed by atoms with E-state index in [-0.39, 0.29) is 23.3 Å². The number of thioether (sulfide) groups is 1. The Hall–Kier alpha value is -3.43. The molecule has 0 unspecified atom stereocenters. The molecular weight excluding hydrogens is 516 g/mol. The molecule has 0 bridgehead atoms. The monoisotopic (exact) mass is 546 g/mol. The van der Waals surface area contributed by atoms with Crippen LogP contribution < -0.4 is 16.2 Å². The average molecular weight is 547 g/mol. The Morgan fingerprint density at radius 2 is 1.76 bits per heavy atom. The molecule has 7 nitrogen and oxygen atoms in total. The fourth-order valence-corrected chi connectivity index (χ4v) is 6.56. The van der Waals surface area contributed by atoms with Crippen LogP contribution in [0.15, 0.2) is 64.3 Å². The van der Waals surface area contributed by atoms with E-state index in [2.05, 4.69) is 17.0 Å². The van der Waals surface area contributed by atoms with Gasteiger partial charge in [0, 0.05) is 38.0 Å². The number of anilines is 1. The summed E-state index contributed by atoms with van der Waals surface area (Å²) in [6.45, 7) is 1.73. The highest BCUT2D eigenvalue weighted by Gasteiger charge is 2.33. The Morgan fingerprint density at radius 1 is 1.08 bits per heavy atom. The number of para-hydroxylation sites is 1. The minimum absolute atomic E-state index is 0.165. The summed E-state index contributed by atoms with van der Waals surface area (Å²) in [6, 6.07) is 17.9. The number of carbonyl (C=O) groups is 2. The summed E-state index contributed by atoms with van der Waals surface area (Å²) in [5.41, 5.74) is 8.67. The third-order valence-electron chi connectivity index (χ3n) is 7.36. The molecule has 0 aliphatic carbocycles. The quantitative estimate of drug-likeness (QED) is 0.355. The van der Waals surface area contributed by atoms with Crippen molar-refractivity contribution in [2.75, 3.05) is 24.5 Å².